The fraction of sp³-hybridized carbons (Fsp3) is 0.286. The van der Waals surface area contributed by atoms with Crippen LogP contribution in [0.25, 0.3) is 0 Å². The number of nitrogens with one attached hydrogen (secondary N) is 1. The number of carbonyl (C=O) groups excluding carboxylic acids is 2. The second-order valence-corrected chi connectivity index (χ2v) is 9.24. The van der Waals surface area contributed by atoms with E-state index in [1.807, 2.05) is 30.3 Å². The lowest BCUT2D eigenvalue weighted by Crippen LogP contribution is -2.51. The van der Waals surface area contributed by atoms with Crippen molar-refractivity contribution in [1.82, 2.24) is 10.2 Å². The van der Waals surface area contributed by atoms with E-state index in [4.69, 9.17) is 23.2 Å². The first-order valence-corrected chi connectivity index (χ1v) is 12.4. The molecule has 0 aliphatic rings. The van der Waals surface area contributed by atoms with Crippen LogP contribution in [0.1, 0.15) is 36.5 Å². The summed E-state index contributed by atoms with van der Waals surface area (Å²) in [6.45, 7) is 2.76. The predicted molar refractivity (Wildman–Crippen MR) is 139 cm³/mol. The van der Waals surface area contributed by atoms with Gasteiger partial charge in [0.25, 0.3) is 0 Å². The maximum Gasteiger partial charge on any atom is 0.243 e. The molecule has 0 bridgehead atoms. The van der Waals surface area contributed by atoms with Gasteiger partial charge in [-0.25, -0.2) is 4.39 Å². The number of halogens is 3. The Kier molecular flexibility index (Phi) is 10.1. The fourth-order valence-corrected chi connectivity index (χ4v) is 4.09. The monoisotopic (exact) mass is 514 g/mol. The Bertz CT molecular complexity index is 1120. The van der Waals surface area contributed by atoms with Gasteiger partial charge in [-0.1, -0.05) is 85.1 Å². The number of hydrogen-bond acceptors (Lipinski definition) is 2. The number of carbonyl (C=O) groups is 2. The van der Waals surface area contributed by atoms with Crippen molar-refractivity contribution in [1.29, 1.82) is 0 Å². The largest absolute Gasteiger partial charge is 0.354 e. The minimum atomic E-state index is -0.739. The van der Waals surface area contributed by atoms with Crippen molar-refractivity contribution in [3.8, 4) is 0 Å². The summed E-state index contributed by atoms with van der Waals surface area (Å²) in [6, 6.07) is 19.8. The highest BCUT2D eigenvalue weighted by Gasteiger charge is 2.30. The molecule has 35 heavy (non-hydrogen) atoms. The minimum Gasteiger partial charge on any atom is -0.354 e. The maximum atomic E-state index is 13.6. The fourth-order valence-electron chi connectivity index (χ4n) is 3.77. The number of rotatable bonds is 11. The van der Waals surface area contributed by atoms with Crippen LogP contribution in [0.15, 0.2) is 72.8 Å². The van der Waals surface area contributed by atoms with Gasteiger partial charge in [-0.3, -0.25) is 9.59 Å². The van der Waals surface area contributed by atoms with Gasteiger partial charge in [0.1, 0.15) is 11.9 Å². The molecular weight excluding hydrogens is 486 g/mol. The molecule has 184 valence electrons. The normalized spacial score (nSPS) is 11.7. The summed E-state index contributed by atoms with van der Waals surface area (Å²) in [7, 11) is 0. The Morgan fingerprint density at radius 1 is 0.914 bits per heavy atom. The zero-order valence-electron chi connectivity index (χ0n) is 19.6. The topological polar surface area (TPSA) is 49.4 Å². The van der Waals surface area contributed by atoms with E-state index in [0.717, 1.165) is 24.0 Å². The third kappa shape index (κ3) is 8.08. The molecule has 0 saturated carbocycles. The summed E-state index contributed by atoms with van der Waals surface area (Å²) < 4.78 is 13.4. The second kappa shape index (κ2) is 13.3. The number of unbranched alkanes of at least 4 members (excludes halogenated alkanes) is 1. The van der Waals surface area contributed by atoms with E-state index in [0.29, 0.717) is 28.6 Å². The molecule has 3 aromatic carbocycles. The van der Waals surface area contributed by atoms with Crippen LogP contribution in [-0.4, -0.2) is 29.3 Å². The third-order valence-electron chi connectivity index (χ3n) is 5.71. The first-order chi connectivity index (χ1) is 16.9. The summed E-state index contributed by atoms with van der Waals surface area (Å²) in [5, 5.41) is 3.78. The van der Waals surface area contributed by atoms with Crippen LogP contribution < -0.4 is 5.32 Å². The molecule has 1 unspecified atom stereocenters. The van der Waals surface area contributed by atoms with Crippen LogP contribution in [-0.2, 0) is 29.0 Å². The minimum absolute atomic E-state index is 0.0368. The van der Waals surface area contributed by atoms with Crippen molar-refractivity contribution in [2.45, 2.75) is 45.2 Å². The van der Waals surface area contributed by atoms with Gasteiger partial charge in [0.2, 0.25) is 11.8 Å². The molecule has 0 aliphatic heterocycles. The zero-order chi connectivity index (χ0) is 25.2. The molecular formula is C28H29Cl2FN2O2. The van der Waals surface area contributed by atoms with Crippen molar-refractivity contribution >= 4 is 35.0 Å². The Labute approximate surface area is 216 Å². The Morgan fingerprint density at radius 3 is 2.26 bits per heavy atom. The van der Waals surface area contributed by atoms with E-state index in [-0.39, 0.29) is 30.6 Å². The van der Waals surface area contributed by atoms with E-state index < -0.39 is 6.04 Å². The average molecular weight is 515 g/mol. The van der Waals surface area contributed by atoms with Crippen molar-refractivity contribution in [2.24, 2.45) is 0 Å². The van der Waals surface area contributed by atoms with Gasteiger partial charge in [0.15, 0.2) is 0 Å². The van der Waals surface area contributed by atoms with Gasteiger partial charge in [0.05, 0.1) is 16.5 Å². The quantitative estimate of drug-likeness (QED) is 0.308. The first-order valence-electron chi connectivity index (χ1n) is 11.7. The highest BCUT2D eigenvalue weighted by atomic mass is 35.5. The van der Waals surface area contributed by atoms with E-state index in [9.17, 15) is 14.0 Å². The van der Waals surface area contributed by atoms with Gasteiger partial charge in [-0.05, 0) is 47.4 Å². The highest BCUT2D eigenvalue weighted by molar-refractivity contribution is 6.42. The van der Waals surface area contributed by atoms with E-state index in [2.05, 4.69) is 12.2 Å². The molecule has 0 aliphatic carbocycles. The van der Waals surface area contributed by atoms with Crippen molar-refractivity contribution in [3.63, 3.8) is 0 Å². The number of amides is 2. The predicted octanol–water partition coefficient (Wildman–Crippen LogP) is 6.23. The summed E-state index contributed by atoms with van der Waals surface area (Å²) >= 11 is 12.3. The summed E-state index contributed by atoms with van der Waals surface area (Å²) in [6.07, 6.45) is 2.19. The molecule has 4 nitrogen and oxygen atoms in total. The van der Waals surface area contributed by atoms with E-state index in [1.54, 1.807) is 35.2 Å². The van der Waals surface area contributed by atoms with Gasteiger partial charge < -0.3 is 10.2 Å². The van der Waals surface area contributed by atoms with Crippen LogP contribution in [0.5, 0.6) is 0 Å². The summed E-state index contributed by atoms with van der Waals surface area (Å²) in [5.41, 5.74) is 2.36. The van der Waals surface area contributed by atoms with Crippen molar-refractivity contribution < 1.29 is 14.0 Å². The highest BCUT2D eigenvalue weighted by Crippen LogP contribution is 2.24. The zero-order valence-corrected chi connectivity index (χ0v) is 21.2. The second-order valence-electron chi connectivity index (χ2n) is 8.42. The number of nitrogens with zero attached hydrogens (tertiary/aromatic N) is 1. The number of benzene rings is 3. The molecule has 7 heteroatoms. The smallest absolute Gasteiger partial charge is 0.243 e. The van der Waals surface area contributed by atoms with Crippen LogP contribution in [0, 0.1) is 5.82 Å². The lowest BCUT2D eigenvalue weighted by molar-refractivity contribution is -0.140. The average Bonchev–Trinajstić information content (AvgIpc) is 2.85. The molecule has 0 aromatic heterocycles. The molecule has 0 radical (unpaired) electrons. The molecule has 0 spiro atoms. The van der Waals surface area contributed by atoms with Crippen LogP contribution >= 0.6 is 23.2 Å². The SMILES string of the molecule is CCCCNC(=O)C(Cc1ccccc1)N(Cc1ccc(Cl)c(Cl)c1)C(=O)Cc1ccc(F)cc1. The van der Waals surface area contributed by atoms with Gasteiger partial charge in [0, 0.05) is 19.5 Å². The van der Waals surface area contributed by atoms with Gasteiger partial charge in [-0.15, -0.1) is 0 Å². The lowest BCUT2D eigenvalue weighted by Gasteiger charge is -2.32. The first kappa shape index (κ1) is 26.7. The van der Waals surface area contributed by atoms with Crippen molar-refractivity contribution in [3.05, 3.63) is 105 Å². The molecule has 1 N–H and O–H groups in total. The molecule has 0 fully saturated rings. The Morgan fingerprint density at radius 2 is 1.60 bits per heavy atom. The van der Waals surface area contributed by atoms with Crippen molar-refractivity contribution in [2.75, 3.05) is 6.54 Å². The van der Waals surface area contributed by atoms with Crippen LogP contribution in [0.4, 0.5) is 4.39 Å². The third-order valence-corrected chi connectivity index (χ3v) is 6.45. The van der Waals surface area contributed by atoms with Crippen LogP contribution in [0.2, 0.25) is 10.0 Å². The maximum absolute atomic E-state index is 13.6. The molecule has 3 aromatic rings. The molecule has 3 rings (SSSR count). The van der Waals surface area contributed by atoms with Gasteiger partial charge in [-0.2, -0.15) is 0 Å². The lowest BCUT2D eigenvalue weighted by atomic mass is 10.0. The standard InChI is InChI=1S/C28H29Cl2FN2O2/c1-2-3-15-32-28(35)26(17-20-7-5-4-6-8-20)33(19-22-11-14-24(29)25(30)16-22)27(34)18-21-9-12-23(31)13-10-21/h4-14,16,26H,2-3,15,17-19H2,1H3,(H,32,35). The van der Waals surface area contributed by atoms with Gasteiger partial charge >= 0.3 is 0 Å². The number of hydrogen-bond donors (Lipinski definition) is 1. The summed E-state index contributed by atoms with van der Waals surface area (Å²) in [5.74, 6) is -0.824. The van der Waals surface area contributed by atoms with E-state index in [1.165, 1.54) is 12.1 Å². The molecule has 1 atom stereocenters. The van der Waals surface area contributed by atoms with Crippen LogP contribution in [0.3, 0.4) is 0 Å². The molecule has 0 heterocycles. The van der Waals surface area contributed by atoms with E-state index >= 15 is 0 Å². The Balaban J connectivity index is 1.95. The Hall–Kier alpha value is -2.89. The molecule has 0 saturated heterocycles. The summed E-state index contributed by atoms with van der Waals surface area (Å²) in [4.78, 5) is 28.6. The molecule has 2 amide bonds.